The van der Waals surface area contributed by atoms with E-state index in [4.69, 9.17) is 4.74 Å². The molecule has 2 rings (SSSR count). The van der Waals surface area contributed by atoms with Gasteiger partial charge < -0.3 is 10.1 Å². The smallest absolute Gasteiger partial charge is 0.216 e. The molecule has 0 spiro atoms. The third-order valence-corrected chi connectivity index (χ3v) is 3.56. The van der Waals surface area contributed by atoms with Crippen molar-refractivity contribution in [2.45, 2.75) is 13.5 Å². The van der Waals surface area contributed by atoms with Gasteiger partial charge in [-0.05, 0) is 28.9 Å². The Hall–Kier alpha value is -1.63. The number of rotatable bonds is 4. The van der Waals surface area contributed by atoms with Crippen LogP contribution in [0.1, 0.15) is 11.3 Å². The molecule has 0 atom stereocenters. The van der Waals surface area contributed by atoms with E-state index in [0.717, 1.165) is 23.4 Å². The molecule has 20 heavy (non-hydrogen) atoms. The van der Waals surface area contributed by atoms with Crippen molar-refractivity contribution >= 4 is 21.6 Å². The minimum absolute atomic E-state index is 0.0932. The van der Waals surface area contributed by atoms with Crippen LogP contribution in [0.5, 0.6) is 5.88 Å². The van der Waals surface area contributed by atoms with Crippen LogP contribution in [0.2, 0.25) is 0 Å². The van der Waals surface area contributed by atoms with E-state index in [1.807, 2.05) is 6.92 Å². The first-order valence-electron chi connectivity index (χ1n) is 5.89. The Labute approximate surface area is 123 Å². The molecule has 1 aromatic carbocycles. The summed E-state index contributed by atoms with van der Waals surface area (Å²) < 4.78 is 34.1. The maximum atomic E-state index is 13.7. The van der Waals surface area contributed by atoms with Gasteiger partial charge in [0.25, 0.3) is 0 Å². The lowest BCUT2D eigenvalue weighted by molar-refractivity contribution is 0.369. The summed E-state index contributed by atoms with van der Waals surface area (Å²) in [5.41, 5.74) is 1.67. The highest BCUT2D eigenvalue weighted by Crippen LogP contribution is 2.26. The van der Waals surface area contributed by atoms with Crippen molar-refractivity contribution in [3.05, 3.63) is 39.5 Å². The zero-order valence-corrected chi connectivity index (χ0v) is 12.9. The van der Waals surface area contributed by atoms with Gasteiger partial charge in [0.15, 0.2) is 0 Å². The minimum Gasteiger partial charge on any atom is -0.481 e. The average Bonchev–Trinajstić information content (AvgIpc) is 2.66. The summed E-state index contributed by atoms with van der Waals surface area (Å²) in [6.07, 6.45) is 0. The molecular weight excluding hydrogens is 332 g/mol. The van der Waals surface area contributed by atoms with Gasteiger partial charge in [-0.25, -0.2) is 13.5 Å². The fourth-order valence-corrected chi connectivity index (χ4v) is 2.30. The number of ether oxygens (including phenoxy) is 1. The Bertz CT molecular complexity index is 643. The van der Waals surface area contributed by atoms with Crippen molar-refractivity contribution in [2.75, 3.05) is 12.4 Å². The van der Waals surface area contributed by atoms with Crippen molar-refractivity contribution in [1.29, 1.82) is 0 Å². The minimum atomic E-state index is -0.529. The number of aromatic nitrogens is 2. The topological polar surface area (TPSA) is 39.1 Å². The highest BCUT2D eigenvalue weighted by molar-refractivity contribution is 9.10. The lowest BCUT2D eigenvalue weighted by atomic mass is 10.2. The molecule has 0 aliphatic rings. The van der Waals surface area contributed by atoms with Crippen LogP contribution in [-0.2, 0) is 13.6 Å². The molecule has 0 amide bonds. The Morgan fingerprint density at radius 3 is 2.70 bits per heavy atom. The molecule has 0 unspecified atom stereocenters. The first-order chi connectivity index (χ1) is 9.43. The molecule has 1 aromatic heterocycles. The molecule has 0 radical (unpaired) electrons. The average molecular weight is 346 g/mol. The van der Waals surface area contributed by atoms with Gasteiger partial charge in [-0.1, -0.05) is 0 Å². The Morgan fingerprint density at radius 1 is 1.35 bits per heavy atom. The lowest BCUT2D eigenvalue weighted by Crippen LogP contribution is -2.05. The van der Waals surface area contributed by atoms with Gasteiger partial charge >= 0.3 is 0 Å². The van der Waals surface area contributed by atoms with Crippen molar-refractivity contribution < 1.29 is 13.5 Å². The largest absolute Gasteiger partial charge is 0.481 e. The lowest BCUT2D eigenvalue weighted by Gasteiger charge is -2.09. The second kappa shape index (κ2) is 5.78. The van der Waals surface area contributed by atoms with Gasteiger partial charge in [0.2, 0.25) is 5.88 Å². The summed E-state index contributed by atoms with van der Waals surface area (Å²) in [4.78, 5) is 0. The van der Waals surface area contributed by atoms with E-state index >= 15 is 0 Å². The number of nitrogens with zero attached hydrogens (tertiary/aromatic N) is 2. The first-order valence-corrected chi connectivity index (χ1v) is 6.68. The van der Waals surface area contributed by atoms with Crippen LogP contribution in [0.3, 0.4) is 0 Å². The van der Waals surface area contributed by atoms with E-state index < -0.39 is 11.6 Å². The van der Waals surface area contributed by atoms with E-state index in [-0.39, 0.29) is 10.2 Å². The Morgan fingerprint density at radius 2 is 2.05 bits per heavy atom. The Balaban J connectivity index is 2.23. The molecule has 2 aromatic rings. The number of benzene rings is 1. The summed E-state index contributed by atoms with van der Waals surface area (Å²) in [6, 6.07) is 2.20. The second-order valence-corrected chi connectivity index (χ2v) is 5.15. The van der Waals surface area contributed by atoms with Gasteiger partial charge in [0, 0.05) is 19.7 Å². The molecular formula is C13H14BrF2N3O. The van der Waals surface area contributed by atoms with E-state index in [0.29, 0.717) is 12.4 Å². The third kappa shape index (κ3) is 2.77. The highest BCUT2D eigenvalue weighted by atomic mass is 79.9. The quantitative estimate of drug-likeness (QED) is 0.863. The Kier molecular flexibility index (Phi) is 4.27. The van der Waals surface area contributed by atoms with Crippen LogP contribution < -0.4 is 10.1 Å². The van der Waals surface area contributed by atoms with Crippen LogP contribution in [0.25, 0.3) is 0 Å². The number of anilines is 1. The van der Waals surface area contributed by atoms with Crippen molar-refractivity contribution in [3.63, 3.8) is 0 Å². The summed E-state index contributed by atoms with van der Waals surface area (Å²) in [6.45, 7) is 2.12. The van der Waals surface area contributed by atoms with Crippen LogP contribution in [0.4, 0.5) is 14.5 Å². The molecule has 0 fully saturated rings. The zero-order chi connectivity index (χ0) is 14.9. The van der Waals surface area contributed by atoms with Crippen LogP contribution in [0.15, 0.2) is 16.6 Å². The standard InChI is InChI=1S/C13H14BrF2N3O/c1-7-8(13(20-3)19(2)18-7)6-17-12-5-10(15)9(14)4-11(12)16/h4-5,17H,6H2,1-3H3. The number of aryl methyl sites for hydroxylation is 2. The summed E-state index contributed by atoms with van der Waals surface area (Å²) in [5.74, 6) is -0.462. The summed E-state index contributed by atoms with van der Waals surface area (Å²) >= 11 is 2.94. The number of halogens is 3. The molecule has 0 saturated carbocycles. The van der Waals surface area contributed by atoms with E-state index in [1.54, 1.807) is 18.8 Å². The second-order valence-electron chi connectivity index (χ2n) is 4.30. The normalized spacial score (nSPS) is 10.7. The third-order valence-electron chi connectivity index (χ3n) is 2.95. The fraction of sp³-hybridized carbons (Fsp3) is 0.308. The SMILES string of the molecule is COc1c(CNc2cc(F)c(Br)cc2F)c(C)nn1C. The fourth-order valence-electron chi connectivity index (χ4n) is 1.98. The summed E-state index contributed by atoms with van der Waals surface area (Å²) in [5, 5.41) is 7.08. The van der Waals surface area contributed by atoms with Crippen molar-refractivity contribution in [1.82, 2.24) is 9.78 Å². The van der Waals surface area contributed by atoms with Gasteiger partial charge in [-0.15, -0.1) is 0 Å². The van der Waals surface area contributed by atoms with Gasteiger partial charge in [0.1, 0.15) is 11.6 Å². The van der Waals surface area contributed by atoms with Crippen LogP contribution >= 0.6 is 15.9 Å². The maximum Gasteiger partial charge on any atom is 0.216 e. The van der Waals surface area contributed by atoms with Crippen molar-refractivity contribution in [3.8, 4) is 5.88 Å². The van der Waals surface area contributed by atoms with Gasteiger partial charge in [0.05, 0.1) is 28.5 Å². The van der Waals surface area contributed by atoms with E-state index in [2.05, 4.69) is 26.3 Å². The molecule has 0 saturated heterocycles. The predicted octanol–water partition coefficient (Wildman–Crippen LogP) is 3.39. The van der Waals surface area contributed by atoms with Crippen LogP contribution in [0, 0.1) is 18.6 Å². The number of nitrogens with one attached hydrogen (secondary N) is 1. The first kappa shape index (κ1) is 14.8. The van der Waals surface area contributed by atoms with Crippen molar-refractivity contribution in [2.24, 2.45) is 7.05 Å². The molecule has 1 heterocycles. The molecule has 7 heteroatoms. The number of hydrogen-bond acceptors (Lipinski definition) is 3. The number of hydrogen-bond donors (Lipinski definition) is 1. The molecule has 1 N–H and O–H groups in total. The zero-order valence-electron chi connectivity index (χ0n) is 11.3. The maximum absolute atomic E-state index is 13.7. The predicted molar refractivity (Wildman–Crippen MR) is 75.9 cm³/mol. The molecule has 108 valence electrons. The monoisotopic (exact) mass is 345 g/mol. The molecule has 0 bridgehead atoms. The molecule has 0 aliphatic carbocycles. The molecule has 4 nitrogen and oxygen atoms in total. The summed E-state index contributed by atoms with van der Waals surface area (Å²) in [7, 11) is 3.30. The molecule has 0 aliphatic heterocycles. The van der Waals surface area contributed by atoms with E-state index in [1.165, 1.54) is 0 Å². The highest BCUT2D eigenvalue weighted by Gasteiger charge is 2.15. The van der Waals surface area contributed by atoms with Gasteiger partial charge in [-0.3, -0.25) is 0 Å². The van der Waals surface area contributed by atoms with Crippen LogP contribution in [-0.4, -0.2) is 16.9 Å². The van der Waals surface area contributed by atoms with Gasteiger partial charge in [-0.2, -0.15) is 5.10 Å². The number of methoxy groups -OCH3 is 1. The van der Waals surface area contributed by atoms with E-state index in [9.17, 15) is 8.78 Å².